The highest BCUT2D eigenvalue weighted by Crippen LogP contribution is 2.45. The van der Waals surface area contributed by atoms with Crippen molar-refractivity contribution in [3.05, 3.63) is 44.1 Å². The fourth-order valence-corrected chi connectivity index (χ4v) is 6.37. The van der Waals surface area contributed by atoms with Gasteiger partial charge in [-0.3, -0.25) is 9.78 Å². The Morgan fingerprint density at radius 1 is 1.22 bits per heavy atom. The summed E-state index contributed by atoms with van der Waals surface area (Å²) in [7, 11) is 2.18. The topological polar surface area (TPSA) is 123 Å². The van der Waals surface area contributed by atoms with Gasteiger partial charge in [0.15, 0.2) is 17.3 Å². The van der Waals surface area contributed by atoms with Crippen LogP contribution in [0.2, 0.25) is 0 Å². The zero-order chi connectivity index (χ0) is 25.2. The highest BCUT2D eigenvalue weighted by atomic mass is 16.7. The summed E-state index contributed by atoms with van der Waals surface area (Å²) in [6.07, 6.45) is 3.46. The first-order valence-corrected chi connectivity index (χ1v) is 12.8. The number of aryl methyl sites for hydroxylation is 2. The van der Waals surface area contributed by atoms with Gasteiger partial charge in [0.2, 0.25) is 0 Å². The highest BCUT2D eigenvalue weighted by Gasteiger charge is 2.50. The second-order valence-corrected chi connectivity index (χ2v) is 10.9. The van der Waals surface area contributed by atoms with Gasteiger partial charge in [-0.25, -0.2) is 9.78 Å². The van der Waals surface area contributed by atoms with E-state index in [0.29, 0.717) is 30.1 Å². The summed E-state index contributed by atoms with van der Waals surface area (Å²) >= 11 is 0. The van der Waals surface area contributed by atoms with E-state index in [2.05, 4.69) is 26.9 Å². The van der Waals surface area contributed by atoms with Crippen molar-refractivity contribution in [2.75, 3.05) is 20.2 Å². The second kappa shape index (κ2) is 8.72. The zero-order valence-corrected chi connectivity index (χ0v) is 21.0. The Bertz CT molecular complexity index is 1400. The maximum Gasteiger partial charge on any atom is 0.349 e. The van der Waals surface area contributed by atoms with Gasteiger partial charge in [-0.1, -0.05) is 0 Å². The number of aromatic nitrogens is 4. The van der Waals surface area contributed by atoms with E-state index in [-0.39, 0.29) is 24.2 Å². The fraction of sp³-hybridized carbons (Fsp3) is 0.615. The monoisotopic (exact) mass is 495 g/mol. The first-order valence-electron chi connectivity index (χ1n) is 12.8. The predicted octanol–water partition coefficient (Wildman–Crippen LogP) is 1.57. The molecule has 5 aliphatic rings. The molecule has 192 valence electrons. The number of hydrogen-bond acceptors (Lipinski definition) is 8. The molecule has 10 nitrogen and oxygen atoms in total. The van der Waals surface area contributed by atoms with Crippen LogP contribution >= 0.6 is 0 Å². The number of rotatable bonds is 4. The van der Waals surface area contributed by atoms with E-state index in [1.807, 2.05) is 26.0 Å². The van der Waals surface area contributed by atoms with Crippen LogP contribution in [0.3, 0.4) is 0 Å². The standard InChI is InChI=1S/C26H33N5O5/c1-14-8-19-20(9-15(14)2)31(23-22(27-19)24(33)29-25(34)28-23)12-17(32)10-18-13-35-26(36-18)6-4-16-5-7-30(3)21(16)11-26/h8-9,16-18,21,32H,4-7,10-13H2,1-3H3,(H,29,33,34). The van der Waals surface area contributed by atoms with E-state index in [9.17, 15) is 14.7 Å². The van der Waals surface area contributed by atoms with E-state index < -0.39 is 23.1 Å². The lowest BCUT2D eigenvalue weighted by Gasteiger charge is -2.40. The fourth-order valence-electron chi connectivity index (χ4n) is 6.37. The Kier molecular flexibility index (Phi) is 5.75. The summed E-state index contributed by atoms with van der Waals surface area (Å²) in [5.41, 5.74) is 2.16. The van der Waals surface area contributed by atoms with Gasteiger partial charge in [0.1, 0.15) is 0 Å². The Hall–Kier alpha value is -2.66. The van der Waals surface area contributed by atoms with Gasteiger partial charge in [-0.15, -0.1) is 0 Å². The van der Waals surface area contributed by atoms with Crippen LogP contribution in [0, 0.1) is 19.8 Å². The molecule has 1 aromatic rings. The van der Waals surface area contributed by atoms with Crippen LogP contribution in [-0.4, -0.2) is 73.8 Å². The Labute approximate surface area is 208 Å². The predicted molar refractivity (Wildman–Crippen MR) is 133 cm³/mol. The lowest BCUT2D eigenvalue weighted by atomic mass is 9.81. The molecule has 6 rings (SSSR count). The van der Waals surface area contributed by atoms with Crippen LogP contribution in [0.25, 0.3) is 22.6 Å². The normalized spacial score (nSPS) is 29.4. The molecule has 5 atom stereocenters. The highest BCUT2D eigenvalue weighted by molar-refractivity contribution is 5.81. The molecule has 4 heterocycles. The van der Waals surface area contributed by atoms with Crippen molar-refractivity contribution in [3.63, 3.8) is 0 Å². The molecular formula is C26H33N5O5. The number of benzene rings is 1. The average molecular weight is 496 g/mol. The summed E-state index contributed by atoms with van der Waals surface area (Å²) in [6.45, 7) is 5.69. The number of ether oxygens (including phenoxy) is 2. The largest absolute Gasteiger partial charge is 0.391 e. The number of aliphatic hydroxyl groups is 1. The third-order valence-electron chi connectivity index (χ3n) is 8.45. The number of nitrogens with one attached hydrogen (secondary N) is 1. The minimum absolute atomic E-state index is 0.0781. The molecular weight excluding hydrogens is 462 g/mol. The van der Waals surface area contributed by atoms with Gasteiger partial charge in [-0.2, -0.15) is 4.98 Å². The lowest BCUT2D eigenvalue weighted by Crippen LogP contribution is -2.46. The summed E-state index contributed by atoms with van der Waals surface area (Å²) < 4.78 is 14.4. The second-order valence-electron chi connectivity index (χ2n) is 10.9. The molecule has 10 heteroatoms. The lowest BCUT2D eigenvalue weighted by molar-refractivity contribution is -0.202. The Balaban J connectivity index is 1.25. The summed E-state index contributed by atoms with van der Waals surface area (Å²) in [6, 6.07) is 4.36. The molecule has 1 aliphatic carbocycles. The number of aromatic amines is 1. The minimum atomic E-state index is -0.796. The quantitative estimate of drug-likeness (QED) is 0.523. The van der Waals surface area contributed by atoms with Gasteiger partial charge in [0.25, 0.3) is 5.56 Å². The van der Waals surface area contributed by atoms with Gasteiger partial charge >= 0.3 is 5.69 Å². The zero-order valence-electron chi connectivity index (χ0n) is 21.0. The molecule has 36 heavy (non-hydrogen) atoms. The number of hydrogen-bond donors (Lipinski definition) is 2. The van der Waals surface area contributed by atoms with E-state index in [4.69, 9.17) is 9.47 Å². The number of H-pyrrole nitrogens is 1. The van der Waals surface area contributed by atoms with Crippen molar-refractivity contribution in [3.8, 4) is 11.5 Å². The maximum atomic E-state index is 12.5. The van der Waals surface area contributed by atoms with Crippen LogP contribution in [0.15, 0.2) is 21.7 Å². The first-order chi connectivity index (χ1) is 17.2. The molecule has 1 saturated carbocycles. The first kappa shape index (κ1) is 23.7. The smallest absolute Gasteiger partial charge is 0.349 e. The maximum absolute atomic E-state index is 12.5. The van der Waals surface area contributed by atoms with Gasteiger partial charge in [-0.05, 0) is 69.5 Å². The average Bonchev–Trinajstić information content (AvgIpc) is 3.38. The molecule has 1 aromatic carbocycles. The number of aliphatic hydroxyl groups excluding tert-OH is 1. The third-order valence-corrected chi connectivity index (χ3v) is 8.45. The molecule has 2 N–H and O–H groups in total. The third kappa shape index (κ3) is 4.06. The molecule has 4 aliphatic heterocycles. The van der Waals surface area contributed by atoms with Crippen molar-refractivity contribution in [1.29, 1.82) is 0 Å². The van der Waals surface area contributed by atoms with E-state index in [1.165, 1.54) is 6.42 Å². The Morgan fingerprint density at radius 2 is 2.03 bits per heavy atom. The SMILES string of the molecule is Cc1cc2nc3c(=O)[nH]c(=O)nc-3n(CC(O)CC3COC4(CCC5CCN(C)C5C4)O3)c2cc1C. The van der Waals surface area contributed by atoms with Gasteiger partial charge in [0, 0.05) is 25.3 Å². The van der Waals surface area contributed by atoms with Crippen LogP contribution in [-0.2, 0) is 16.0 Å². The van der Waals surface area contributed by atoms with Crippen molar-refractivity contribution in [1.82, 2.24) is 24.4 Å². The molecule has 0 bridgehead atoms. The van der Waals surface area contributed by atoms with E-state index in [0.717, 1.165) is 42.9 Å². The molecule has 5 unspecified atom stereocenters. The number of fused-ring (bicyclic) bond motifs is 3. The van der Waals surface area contributed by atoms with Crippen molar-refractivity contribution >= 4 is 11.0 Å². The molecule has 1 spiro atoms. The molecule has 0 radical (unpaired) electrons. The summed E-state index contributed by atoms with van der Waals surface area (Å²) in [5, 5.41) is 11.1. The number of likely N-dealkylation sites (tertiary alicyclic amines) is 1. The van der Waals surface area contributed by atoms with Crippen molar-refractivity contribution < 1.29 is 14.6 Å². The van der Waals surface area contributed by atoms with Gasteiger partial charge < -0.3 is 24.0 Å². The van der Waals surface area contributed by atoms with Crippen LogP contribution < -0.4 is 11.2 Å². The Morgan fingerprint density at radius 3 is 2.86 bits per heavy atom. The van der Waals surface area contributed by atoms with E-state index >= 15 is 0 Å². The van der Waals surface area contributed by atoms with Crippen LogP contribution in [0.4, 0.5) is 0 Å². The summed E-state index contributed by atoms with van der Waals surface area (Å²) in [5.74, 6) is 0.325. The number of nitrogens with zero attached hydrogens (tertiary/aromatic N) is 4. The van der Waals surface area contributed by atoms with Crippen molar-refractivity contribution in [2.24, 2.45) is 5.92 Å². The molecule has 0 aromatic heterocycles. The van der Waals surface area contributed by atoms with Crippen LogP contribution in [0.1, 0.15) is 43.2 Å². The minimum Gasteiger partial charge on any atom is -0.391 e. The molecule has 2 saturated heterocycles. The van der Waals surface area contributed by atoms with Crippen molar-refractivity contribution in [2.45, 2.75) is 76.5 Å². The van der Waals surface area contributed by atoms with Gasteiger partial charge in [0.05, 0.1) is 36.4 Å². The van der Waals surface area contributed by atoms with Crippen LogP contribution in [0.5, 0.6) is 0 Å². The summed E-state index contributed by atoms with van der Waals surface area (Å²) in [4.78, 5) is 37.7. The van der Waals surface area contributed by atoms with E-state index in [1.54, 1.807) is 4.57 Å². The molecule has 0 amide bonds. The molecule has 3 fully saturated rings.